The van der Waals surface area contributed by atoms with E-state index in [-0.39, 0.29) is 5.02 Å². The summed E-state index contributed by atoms with van der Waals surface area (Å²) in [6, 6.07) is 12.6. The van der Waals surface area contributed by atoms with Crippen LogP contribution in [0.4, 0.5) is 5.13 Å². The molecule has 0 radical (unpaired) electrons. The highest BCUT2D eigenvalue weighted by Crippen LogP contribution is 2.30. The van der Waals surface area contributed by atoms with E-state index in [2.05, 4.69) is 31.4 Å². The number of aromatic nitrogens is 1. The zero-order valence-corrected chi connectivity index (χ0v) is 17.9. The van der Waals surface area contributed by atoms with Gasteiger partial charge in [-0.3, -0.25) is 5.43 Å². The molecule has 4 aromatic rings. The predicted octanol–water partition coefficient (Wildman–Crippen LogP) is 6.43. The van der Waals surface area contributed by atoms with Gasteiger partial charge < -0.3 is 4.42 Å². The number of nitrogens with zero attached hydrogens (tertiary/aromatic N) is 2. The van der Waals surface area contributed by atoms with Crippen molar-refractivity contribution in [2.75, 3.05) is 5.43 Å². The number of benzene rings is 2. The zero-order valence-electron chi connectivity index (χ0n) is 13.9. The molecule has 0 atom stereocenters. The maximum absolute atomic E-state index is 12.4. The van der Waals surface area contributed by atoms with Gasteiger partial charge in [0, 0.05) is 20.3 Å². The van der Waals surface area contributed by atoms with Crippen molar-refractivity contribution in [1.82, 2.24) is 4.98 Å². The molecule has 0 aliphatic rings. The van der Waals surface area contributed by atoms with Crippen molar-refractivity contribution < 1.29 is 4.42 Å². The van der Waals surface area contributed by atoms with Gasteiger partial charge in [0.2, 0.25) is 5.13 Å². The van der Waals surface area contributed by atoms with Gasteiger partial charge >= 0.3 is 5.63 Å². The topological polar surface area (TPSA) is 67.5 Å². The highest BCUT2D eigenvalue weighted by Gasteiger charge is 2.13. The summed E-state index contributed by atoms with van der Waals surface area (Å²) in [6.07, 6.45) is 1.68. The van der Waals surface area contributed by atoms with E-state index in [1.807, 2.05) is 24.3 Å². The fourth-order valence-electron chi connectivity index (χ4n) is 2.50. The van der Waals surface area contributed by atoms with Gasteiger partial charge in [-0.25, -0.2) is 9.78 Å². The molecule has 140 valence electrons. The first-order chi connectivity index (χ1) is 13.5. The van der Waals surface area contributed by atoms with Gasteiger partial charge in [0.05, 0.1) is 22.5 Å². The largest absolute Gasteiger partial charge is 0.421 e. The van der Waals surface area contributed by atoms with Crippen LogP contribution in [0.25, 0.3) is 22.2 Å². The highest BCUT2D eigenvalue weighted by molar-refractivity contribution is 9.10. The second kappa shape index (κ2) is 8.05. The van der Waals surface area contributed by atoms with Crippen molar-refractivity contribution >= 4 is 72.8 Å². The summed E-state index contributed by atoms with van der Waals surface area (Å²) in [4.78, 5) is 16.8. The average molecular weight is 495 g/mol. The standard InChI is InChI=1S/C19H10BrCl2N3O2S/c20-12-3-1-10(2-4-12)8-23-25-19-24-16(9-28-19)14-6-11-5-13(21)7-15(22)17(11)27-18(14)26/h1-9H,(H,24,25)/b23-8-. The minimum Gasteiger partial charge on any atom is -0.421 e. The van der Waals surface area contributed by atoms with Gasteiger partial charge in [-0.15, -0.1) is 11.3 Å². The van der Waals surface area contributed by atoms with Gasteiger partial charge in [0.1, 0.15) is 0 Å². The summed E-state index contributed by atoms with van der Waals surface area (Å²) < 4.78 is 6.35. The Morgan fingerprint density at radius 1 is 1.18 bits per heavy atom. The lowest BCUT2D eigenvalue weighted by atomic mass is 10.1. The minimum atomic E-state index is -0.521. The number of halogens is 3. The molecule has 5 nitrogen and oxygen atoms in total. The van der Waals surface area contributed by atoms with E-state index in [9.17, 15) is 4.79 Å². The van der Waals surface area contributed by atoms with Gasteiger partial charge in [-0.1, -0.05) is 51.3 Å². The van der Waals surface area contributed by atoms with E-state index < -0.39 is 5.63 Å². The number of hydrogen-bond donors (Lipinski definition) is 1. The molecule has 0 aliphatic carbocycles. The molecule has 0 unspecified atom stereocenters. The Bertz CT molecular complexity index is 1250. The Morgan fingerprint density at radius 3 is 2.75 bits per heavy atom. The maximum Gasteiger partial charge on any atom is 0.345 e. The molecule has 0 amide bonds. The van der Waals surface area contributed by atoms with Crippen molar-refractivity contribution in [1.29, 1.82) is 0 Å². The molecule has 0 saturated heterocycles. The van der Waals surface area contributed by atoms with Crippen LogP contribution in [-0.2, 0) is 0 Å². The second-order valence-corrected chi connectivity index (χ2v) is 8.33. The Hall–Kier alpha value is -2.19. The molecule has 0 spiro atoms. The Morgan fingerprint density at radius 2 is 1.96 bits per heavy atom. The third-order valence-corrected chi connectivity index (χ3v) is 5.55. The van der Waals surface area contributed by atoms with E-state index in [0.717, 1.165) is 10.0 Å². The molecule has 2 aromatic carbocycles. The fourth-order valence-corrected chi connectivity index (χ4v) is 3.97. The van der Waals surface area contributed by atoms with Gasteiger partial charge in [-0.2, -0.15) is 5.10 Å². The van der Waals surface area contributed by atoms with Crippen LogP contribution in [0.3, 0.4) is 0 Å². The number of rotatable bonds is 4. The van der Waals surface area contributed by atoms with Crippen molar-refractivity contribution in [3.8, 4) is 11.3 Å². The van der Waals surface area contributed by atoms with Crippen LogP contribution in [-0.4, -0.2) is 11.2 Å². The average Bonchev–Trinajstić information content (AvgIpc) is 3.12. The monoisotopic (exact) mass is 493 g/mol. The summed E-state index contributed by atoms with van der Waals surface area (Å²) in [5, 5.41) is 7.84. The molecule has 4 rings (SSSR count). The summed E-state index contributed by atoms with van der Waals surface area (Å²) in [7, 11) is 0. The van der Waals surface area contributed by atoms with Crippen LogP contribution in [0.5, 0.6) is 0 Å². The number of nitrogens with one attached hydrogen (secondary N) is 1. The van der Waals surface area contributed by atoms with Gasteiger partial charge in [0.25, 0.3) is 0 Å². The van der Waals surface area contributed by atoms with E-state index in [0.29, 0.717) is 32.4 Å². The Kier molecular flexibility index (Phi) is 5.50. The number of hydrazone groups is 1. The van der Waals surface area contributed by atoms with Gasteiger partial charge in [0.15, 0.2) is 5.58 Å². The lowest BCUT2D eigenvalue weighted by Gasteiger charge is -2.02. The highest BCUT2D eigenvalue weighted by atomic mass is 79.9. The van der Waals surface area contributed by atoms with Crippen molar-refractivity contribution in [2.24, 2.45) is 5.10 Å². The predicted molar refractivity (Wildman–Crippen MR) is 119 cm³/mol. The van der Waals surface area contributed by atoms with Crippen LogP contribution in [0.1, 0.15) is 5.56 Å². The van der Waals surface area contributed by atoms with E-state index in [1.165, 1.54) is 17.4 Å². The molecule has 0 saturated carbocycles. The summed E-state index contributed by atoms with van der Waals surface area (Å²) in [6.45, 7) is 0. The summed E-state index contributed by atoms with van der Waals surface area (Å²) >= 11 is 16.8. The molecule has 2 aromatic heterocycles. The zero-order chi connectivity index (χ0) is 19.7. The second-order valence-electron chi connectivity index (χ2n) is 5.71. The SMILES string of the molecule is O=c1oc2c(Cl)cc(Cl)cc2cc1-c1csc(N/N=C\c2ccc(Br)cc2)n1. The number of fused-ring (bicyclic) bond motifs is 1. The molecule has 0 fully saturated rings. The van der Waals surface area contributed by atoms with Crippen LogP contribution in [0.2, 0.25) is 10.0 Å². The molecular formula is C19H10BrCl2N3O2S. The lowest BCUT2D eigenvalue weighted by Crippen LogP contribution is -2.03. The van der Waals surface area contributed by atoms with Crippen molar-refractivity contribution in [2.45, 2.75) is 0 Å². The fraction of sp³-hybridized carbons (Fsp3) is 0. The smallest absolute Gasteiger partial charge is 0.345 e. The normalized spacial score (nSPS) is 11.4. The number of thiazole rings is 1. The van der Waals surface area contributed by atoms with Crippen molar-refractivity contribution in [3.63, 3.8) is 0 Å². The summed E-state index contributed by atoms with van der Waals surface area (Å²) in [5.41, 5.74) is 4.39. The van der Waals surface area contributed by atoms with Crippen LogP contribution in [0, 0.1) is 0 Å². The first-order valence-electron chi connectivity index (χ1n) is 7.93. The minimum absolute atomic E-state index is 0.286. The van der Waals surface area contributed by atoms with E-state index in [1.54, 1.807) is 23.7 Å². The first-order valence-corrected chi connectivity index (χ1v) is 10.4. The molecule has 9 heteroatoms. The van der Waals surface area contributed by atoms with E-state index in [4.69, 9.17) is 27.6 Å². The van der Waals surface area contributed by atoms with Crippen LogP contribution >= 0.6 is 50.5 Å². The maximum atomic E-state index is 12.4. The lowest BCUT2D eigenvalue weighted by molar-refractivity contribution is 0.563. The Balaban J connectivity index is 1.59. The van der Waals surface area contributed by atoms with Gasteiger partial charge in [-0.05, 0) is 35.9 Å². The third-order valence-electron chi connectivity index (χ3n) is 3.78. The first kappa shape index (κ1) is 19.1. The van der Waals surface area contributed by atoms with Crippen LogP contribution < -0.4 is 11.1 Å². The third kappa shape index (κ3) is 4.12. The quantitative estimate of drug-likeness (QED) is 0.201. The molecule has 0 bridgehead atoms. The molecule has 28 heavy (non-hydrogen) atoms. The molecular weight excluding hydrogens is 485 g/mol. The Labute approximate surface area is 181 Å². The van der Waals surface area contributed by atoms with Crippen molar-refractivity contribution in [3.05, 3.63) is 78.3 Å². The molecule has 0 aliphatic heterocycles. The summed E-state index contributed by atoms with van der Waals surface area (Å²) in [5.74, 6) is 0. The molecule has 1 N–H and O–H groups in total. The van der Waals surface area contributed by atoms with Crippen LogP contribution in [0.15, 0.2) is 66.6 Å². The number of anilines is 1. The van der Waals surface area contributed by atoms with E-state index >= 15 is 0 Å². The molecule has 2 heterocycles. The number of hydrogen-bond acceptors (Lipinski definition) is 6.